The van der Waals surface area contributed by atoms with Crippen LogP contribution in [0.25, 0.3) is 0 Å². The van der Waals surface area contributed by atoms with Crippen molar-refractivity contribution in [2.45, 2.75) is 13.1 Å². The molecule has 3 aromatic rings. The van der Waals surface area contributed by atoms with E-state index in [1.807, 2.05) is 0 Å². The van der Waals surface area contributed by atoms with Crippen LogP contribution in [0.2, 0.25) is 10.0 Å². The number of carbonyl (C=O) groups excluding carboxylic acids is 1. The van der Waals surface area contributed by atoms with Crippen molar-refractivity contribution in [3.8, 4) is 11.6 Å². The van der Waals surface area contributed by atoms with Gasteiger partial charge in [0.1, 0.15) is 11.4 Å². The van der Waals surface area contributed by atoms with Crippen LogP contribution in [0, 0.1) is 5.82 Å². The number of nitrogens with zero attached hydrogens (tertiary/aromatic N) is 4. The summed E-state index contributed by atoms with van der Waals surface area (Å²) in [6.07, 6.45) is 1.48. The number of rotatable bonds is 7. The largest absolute Gasteiger partial charge is 0.503 e. The number of benzene rings is 2. The molecule has 0 radical (unpaired) electrons. The molecular formula is C25H27Cl2FN4O3. The number of aromatic nitrogens is 1. The molecule has 186 valence electrons. The van der Waals surface area contributed by atoms with Gasteiger partial charge in [-0.15, -0.1) is 0 Å². The first kappa shape index (κ1) is 25.2. The average molecular weight is 521 g/mol. The highest BCUT2D eigenvalue weighted by molar-refractivity contribution is 6.42. The first-order chi connectivity index (χ1) is 16.7. The van der Waals surface area contributed by atoms with E-state index in [0.717, 1.165) is 37.4 Å². The Labute approximate surface area is 213 Å². The second kappa shape index (κ2) is 10.8. The van der Waals surface area contributed by atoms with Gasteiger partial charge in [0.2, 0.25) is 5.88 Å². The molecule has 1 fully saturated rings. The van der Waals surface area contributed by atoms with E-state index in [4.69, 9.17) is 23.2 Å². The van der Waals surface area contributed by atoms with Crippen molar-refractivity contribution in [1.82, 2.24) is 14.4 Å². The van der Waals surface area contributed by atoms with Crippen LogP contribution in [-0.2, 0) is 13.1 Å². The molecule has 0 atom stereocenters. The van der Waals surface area contributed by atoms with Crippen molar-refractivity contribution in [3.63, 3.8) is 0 Å². The lowest BCUT2D eigenvalue weighted by atomic mass is 10.2. The number of halogens is 3. The maximum Gasteiger partial charge on any atom is 0.259 e. The molecule has 1 amide bonds. The van der Waals surface area contributed by atoms with Crippen molar-refractivity contribution in [2.75, 3.05) is 44.7 Å². The molecular weight excluding hydrogens is 494 g/mol. The van der Waals surface area contributed by atoms with Gasteiger partial charge in [-0.1, -0.05) is 29.3 Å². The van der Waals surface area contributed by atoms with Crippen LogP contribution < -0.4 is 4.90 Å². The molecule has 0 saturated carbocycles. The zero-order chi connectivity index (χ0) is 25.1. The minimum absolute atomic E-state index is 0.0335. The maximum atomic E-state index is 13.2. The Morgan fingerprint density at radius 2 is 1.69 bits per heavy atom. The Hall–Kier alpha value is -2.94. The monoisotopic (exact) mass is 520 g/mol. The first-order valence-electron chi connectivity index (χ1n) is 11.3. The van der Waals surface area contributed by atoms with E-state index in [9.17, 15) is 19.4 Å². The van der Waals surface area contributed by atoms with Crippen LogP contribution in [0.15, 0.2) is 48.7 Å². The van der Waals surface area contributed by atoms with Gasteiger partial charge in [-0.3, -0.25) is 9.69 Å². The number of carbonyl (C=O) groups is 1. The first-order valence-corrected chi connectivity index (χ1v) is 12.0. The van der Waals surface area contributed by atoms with E-state index in [2.05, 4.69) is 9.80 Å². The lowest BCUT2D eigenvalue weighted by Crippen LogP contribution is -2.47. The Bertz CT molecular complexity index is 1190. The smallest absolute Gasteiger partial charge is 0.259 e. The van der Waals surface area contributed by atoms with E-state index < -0.39 is 11.7 Å². The van der Waals surface area contributed by atoms with Crippen molar-refractivity contribution in [3.05, 3.63) is 75.7 Å². The summed E-state index contributed by atoms with van der Waals surface area (Å²) in [5.74, 6) is -1.44. The van der Waals surface area contributed by atoms with E-state index in [-0.39, 0.29) is 23.8 Å². The molecule has 1 aliphatic rings. The molecule has 0 spiro atoms. The van der Waals surface area contributed by atoms with Crippen LogP contribution in [-0.4, -0.2) is 70.3 Å². The van der Waals surface area contributed by atoms with E-state index in [0.29, 0.717) is 23.1 Å². The van der Waals surface area contributed by atoms with Gasteiger partial charge in [0.05, 0.1) is 10.0 Å². The number of amides is 1. The number of hydrogen-bond donors (Lipinski definition) is 2. The number of piperazine rings is 1. The molecule has 0 unspecified atom stereocenters. The van der Waals surface area contributed by atoms with Gasteiger partial charge >= 0.3 is 0 Å². The molecule has 1 aromatic heterocycles. The molecule has 1 saturated heterocycles. The third kappa shape index (κ3) is 5.83. The Kier molecular flexibility index (Phi) is 7.74. The van der Waals surface area contributed by atoms with E-state index in [1.54, 1.807) is 37.4 Å². The molecule has 2 heterocycles. The van der Waals surface area contributed by atoms with Crippen LogP contribution in [0.4, 0.5) is 10.1 Å². The standard InChI is InChI=1S/C25H27Cl2FN4O3/c1-29(15-17-2-7-21(26)22(27)14-17)24(34)20-16-32(25(35)23(20)33)13-10-30-8-11-31(12-9-30)19-5-3-18(28)4-6-19/h2-7,14,16,33,35H,8-13,15H2,1H3. The summed E-state index contributed by atoms with van der Waals surface area (Å²) in [5, 5.41) is 21.6. The van der Waals surface area contributed by atoms with E-state index >= 15 is 0 Å². The molecule has 10 heteroatoms. The fraction of sp³-hybridized carbons (Fsp3) is 0.320. The fourth-order valence-electron chi connectivity index (χ4n) is 4.18. The third-order valence-electron chi connectivity index (χ3n) is 6.23. The summed E-state index contributed by atoms with van der Waals surface area (Å²) in [6.45, 7) is 4.55. The zero-order valence-electron chi connectivity index (χ0n) is 19.3. The average Bonchev–Trinajstić information content (AvgIpc) is 3.14. The fourth-order valence-corrected chi connectivity index (χ4v) is 4.50. The second-order valence-electron chi connectivity index (χ2n) is 8.62. The maximum absolute atomic E-state index is 13.2. The highest BCUT2D eigenvalue weighted by atomic mass is 35.5. The molecule has 35 heavy (non-hydrogen) atoms. The van der Waals surface area contributed by atoms with Crippen LogP contribution in [0.1, 0.15) is 15.9 Å². The summed E-state index contributed by atoms with van der Waals surface area (Å²) in [7, 11) is 1.61. The number of anilines is 1. The summed E-state index contributed by atoms with van der Waals surface area (Å²) in [5.41, 5.74) is 1.82. The zero-order valence-corrected chi connectivity index (χ0v) is 20.8. The highest BCUT2D eigenvalue weighted by Gasteiger charge is 2.24. The van der Waals surface area contributed by atoms with Crippen LogP contribution in [0.3, 0.4) is 0 Å². The lowest BCUT2D eigenvalue weighted by Gasteiger charge is -2.36. The number of hydrogen-bond acceptors (Lipinski definition) is 5. The quantitative estimate of drug-likeness (QED) is 0.481. The Morgan fingerprint density at radius 1 is 1.00 bits per heavy atom. The van der Waals surface area contributed by atoms with Gasteiger partial charge < -0.3 is 24.6 Å². The predicted molar refractivity (Wildman–Crippen MR) is 135 cm³/mol. The highest BCUT2D eigenvalue weighted by Crippen LogP contribution is 2.32. The second-order valence-corrected chi connectivity index (χ2v) is 9.44. The van der Waals surface area contributed by atoms with Crippen molar-refractivity contribution >= 4 is 34.8 Å². The van der Waals surface area contributed by atoms with Crippen molar-refractivity contribution in [2.24, 2.45) is 0 Å². The molecule has 7 nitrogen and oxygen atoms in total. The lowest BCUT2D eigenvalue weighted by molar-refractivity contribution is 0.0782. The summed E-state index contributed by atoms with van der Waals surface area (Å²) in [6, 6.07) is 11.6. The summed E-state index contributed by atoms with van der Waals surface area (Å²) >= 11 is 12.0. The molecule has 4 rings (SSSR count). The van der Waals surface area contributed by atoms with Gasteiger partial charge in [-0.2, -0.15) is 0 Å². The van der Waals surface area contributed by atoms with Crippen LogP contribution >= 0.6 is 23.2 Å². The van der Waals surface area contributed by atoms with Crippen LogP contribution in [0.5, 0.6) is 11.6 Å². The summed E-state index contributed by atoms with van der Waals surface area (Å²) in [4.78, 5) is 18.8. The van der Waals surface area contributed by atoms with E-state index in [1.165, 1.54) is 27.8 Å². The van der Waals surface area contributed by atoms with Gasteiger partial charge in [0, 0.05) is 64.7 Å². The third-order valence-corrected chi connectivity index (χ3v) is 6.96. The molecule has 2 aromatic carbocycles. The molecule has 2 N–H and O–H groups in total. The minimum atomic E-state index is -0.433. The SMILES string of the molecule is CN(Cc1ccc(Cl)c(Cl)c1)C(=O)c1cn(CCN2CCN(c3ccc(F)cc3)CC2)c(O)c1O. The topological polar surface area (TPSA) is 72.2 Å². The number of aromatic hydroxyl groups is 2. The molecule has 1 aliphatic heterocycles. The Morgan fingerprint density at radius 3 is 2.34 bits per heavy atom. The Balaban J connectivity index is 1.33. The van der Waals surface area contributed by atoms with Gasteiger partial charge in [-0.25, -0.2) is 4.39 Å². The van der Waals surface area contributed by atoms with Gasteiger partial charge in [0.15, 0.2) is 5.75 Å². The van der Waals surface area contributed by atoms with Gasteiger partial charge in [0.25, 0.3) is 5.91 Å². The van der Waals surface area contributed by atoms with Gasteiger partial charge in [-0.05, 0) is 42.0 Å². The summed E-state index contributed by atoms with van der Waals surface area (Å²) < 4.78 is 14.6. The van der Waals surface area contributed by atoms with Crippen molar-refractivity contribution < 1.29 is 19.4 Å². The predicted octanol–water partition coefficient (Wildman–Crippen LogP) is 4.44. The normalized spacial score (nSPS) is 14.3. The minimum Gasteiger partial charge on any atom is -0.503 e. The van der Waals surface area contributed by atoms with Crippen molar-refractivity contribution in [1.29, 1.82) is 0 Å². The molecule has 0 aliphatic carbocycles. The molecule has 0 bridgehead atoms.